The molecule has 1 heterocycles. The monoisotopic (exact) mass is 286 g/mol. The number of rotatable bonds is 6. The second-order valence-electron chi connectivity index (χ2n) is 4.15. The summed E-state index contributed by atoms with van der Waals surface area (Å²) >= 11 is 3.42. The molecule has 0 saturated carbocycles. The smallest absolute Gasteiger partial charge is 0.0443 e. The summed E-state index contributed by atoms with van der Waals surface area (Å²) in [6.07, 6.45) is 4.50. The van der Waals surface area contributed by atoms with Crippen LogP contribution in [-0.2, 0) is 6.54 Å². The number of aromatic nitrogens is 1. The van der Waals surface area contributed by atoms with Crippen molar-refractivity contribution in [1.82, 2.24) is 9.88 Å². The van der Waals surface area contributed by atoms with Crippen molar-refractivity contribution in [1.29, 1.82) is 0 Å². The molecule has 0 aliphatic rings. The molecule has 16 heavy (non-hydrogen) atoms. The average Bonchev–Trinajstić information content (AvgIpc) is 2.24. The standard InChI is InChI=1S/C12H19BrN2O/c1-10(2)15(4-3-5-16)9-11-6-12(13)8-14-7-11/h6-8,10,16H,3-5,9H2,1-2H3. The number of aliphatic hydroxyl groups excluding tert-OH is 1. The Balaban J connectivity index is 2.60. The molecule has 1 N–H and O–H groups in total. The SMILES string of the molecule is CC(C)N(CCCO)Cc1cncc(Br)c1. The number of hydrogen-bond donors (Lipinski definition) is 1. The molecule has 1 aromatic rings. The fraction of sp³-hybridized carbons (Fsp3) is 0.583. The Morgan fingerprint density at radius 1 is 1.44 bits per heavy atom. The molecule has 0 aliphatic carbocycles. The molecule has 0 spiro atoms. The zero-order valence-corrected chi connectivity index (χ0v) is 11.4. The molecule has 3 nitrogen and oxygen atoms in total. The quantitative estimate of drug-likeness (QED) is 0.873. The van der Waals surface area contributed by atoms with E-state index in [0.717, 1.165) is 24.0 Å². The highest BCUT2D eigenvalue weighted by atomic mass is 79.9. The summed E-state index contributed by atoms with van der Waals surface area (Å²) in [6.45, 7) is 6.39. The van der Waals surface area contributed by atoms with Crippen LogP contribution in [0.15, 0.2) is 22.9 Å². The van der Waals surface area contributed by atoms with E-state index in [2.05, 4.69) is 45.7 Å². The second-order valence-corrected chi connectivity index (χ2v) is 5.07. The molecule has 0 bridgehead atoms. The summed E-state index contributed by atoms with van der Waals surface area (Å²) in [6, 6.07) is 2.56. The van der Waals surface area contributed by atoms with Gasteiger partial charge in [0.25, 0.3) is 0 Å². The Bertz CT molecular complexity index is 318. The van der Waals surface area contributed by atoms with Crippen LogP contribution in [0.5, 0.6) is 0 Å². The van der Waals surface area contributed by atoms with Gasteiger partial charge in [-0.3, -0.25) is 9.88 Å². The van der Waals surface area contributed by atoms with E-state index in [1.807, 2.05) is 6.20 Å². The van der Waals surface area contributed by atoms with E-state index in [1.165, 1.54) is 5.56 Å². The molecule has 0 aromatic carbocycles. The van der Waals surface area contributed by atoms with Gasteiger partial charge in [0.05, 0.1) is 0 Å². The van der Waals surface area contributed by atoms with Crippen molar-refractivity contribution in [2.24, 2.45) is 0 Å². The highest BCUT2D eigenvalue weighted by molar-refractivity contribution is 9.10. The first-order valence-electron chi connectivity index (χ1n) is 5.58. The molecular formula is C12H19BrN2O. The summed E-state index contributed by atoms with van der Waals surface area (Å²) in [5, 5.41) is 8.86. The summed E-state index contributed by atoms with van der Waals surface area (Å²) in [4.78, 5) is 6.49. The van der Waals surface area contributed by atoms with Crippen molar-refractivity contribution in [3.05, 3.63) is 28.5 Å². The van der Waals surface area contributed by atoms with Gasteiger partial charge in [-0.2, -0.15) is 0 Å². The second kappa shape index (κ2) is 6.99. The number of halogens is 1. The minimum atomic E-state index is 0.250. The van der Waals surface area contributed by atoms with E-state index in [0.29, 0.717) is 6.04 Å². The van der Waals surface area contributed by atoms with Crippen LogP contribution in [0.25, 0.3) is 0 Å². The van der Waals surface area contributed by atoms with Crippen molar-refractivity contribution >= 4 is 15.9 Å². The largest absolute Gasteiger partial charge is 0.396 e. The summed E-state index contributed by atoms with van der Waals surface area (Å²) in [5.74, 6) is 0. The van der Waals surface area contributed by atoms with Gasteiger partial charge in [0, 0.05) is 42.6 Å². The summed E-state index contributed by atoms with van der Waals surface area (Å²) < 4.78 is 1.01. The summed E-state index contributed by atoms with van der Waals surface area (Å²) in [7, 11) is 0. The lowest BCUT2D eigenvalue weighted by Gasteiger charge is -2.26. The van der Waals surface area contributed by atoms with Crippen LogP contribution in [0, 0.1) is 0 Å². The molecular weight excluding hydrogens is 268 g/mol. The van der Waals surface area contributed by atoms with Crippen molar-refractivity contribution in [2.45, 2.75) is 32.9 Å². The molecule has 0 saturated heterocycles. The van der Waals surface area contributed by atoms with Gasteiger partial charge in [0.2, 0.25) is 0 Å². The Hall–Kier alpha value is -0.450. The van der Waals surface area contributed by atoms with Gasteiger partial charge in [0.15, 0.2) is 0 Å². The maximum absolute atomic E-state index is 8.86. The molecule has 4 heteroatoms. The third-order valence-corrected chi connectivity index (χ3v) is 2.91. The zero-order chi connectivity index (χ0) is 12.0. The third-order valence-electron chi connectivity index (χ3n) is 2.48. The van der Waals surface area contributed by atoms with Gasteiger partial charge in [-0.25, -0.2) is 0 Å². The van der Waals surface area contributed by atoms with Crippen LogP contribution in [0.1, 0.15) is 25.8 Å². The molecule has 0 radical (unpaired) electrons. The van der Waals surface area contributed by atoms with Crippen molar-refractivity contribution in [2.75, 3.05) is 13.2 Å². The van der Waals surface area contributed by atoms with E-state index in [4.69, 9.17) is 5.11 Å². The van der Waals surface area contributed by atoms with Crippen molar-refractivity contribution in [3.8, 4) is 0 Å². The maximum atomic E-state index is 8.86. The molecule has 0 fully saturated rings. The molecule has 90 valence electrons. The Kier molecular flexibility index (Phi) is 5.95. The number of nitrogens with zero attached hydrogens (tertiary/aromatic N) is 2. The van der Waals surface area contributed by atoms with Crippen molar-refractivity contribution < 1.29 is 5.11 Å². The molecule has 0 amide bonds. The Morgan fingerprint density at radius 2 is 2.19 bits per heavy atom. The van der Waals surface area contributed by atoms with Crippen LogP contribution >= 0.6 is 15.9 Å². The van der Waals surface area contributed by atoms with Crippen LogP contribution in [0.4, 0.5) is 0 Å². The number of hydrogen-bond acceptors (Lipinski definition) is 3. The first-order valence-corrected chi connectivity index (χ1v) is 6.37. The van der Waals surface area contributed by atoms with Gasteiger partial charge in [-0.15, -0.1) is 0 Å². The highest BCUT2D eigenvalue weighted by Crippen LogP contribution is 2.13. The van der Waals surface area contributed by atoms with E-state index >= 15 is 0 Å². The lowest BCUT2D eigenvalue weighted by Crippen LogP contribution is -2.31. The molecule has 0 atom stereocenters. The van der Waals surface area contributed by atoms with Gasteiger partial charge in [-0.05, 0) is 47.8 Å². The predicted molar refractivity (Wildman–Crippen MR) is 69.2 cm³/mol. The third kappa shape index (κ3) is 4.60. The molecule has 1 aromatic heterocycles. The molecule has 0 aliphatic heterocycles. The first-order chi connectivity index (χ1) is 7.63. The first kappa shape index (κ1) is 13.6. The van der Waals surface area contributed by atoms with Crippen LogP contribution in [0.2, 0.25) is 0 Å². The maximum Gasteiger partial charge on any atom is 0.0443 e. The van der Waals surface area contributed by atoms with Gasteiger partial charge < -0.3 is 5.11 Å². The normalized spacial score (nSPS) is 11.4. The summed E-state index contributed by atoms with van der Waals surface area (Å²) in [5.41, 5.74) is 1.20. The minimum Gasteiger partial charge on any atom is -0.396 e. The van der Waals surface area contributed by atoms with Crippen LogP contribution < -0.4 is 0 Å². The Labute approximate surface area is 106 Å². The van der Waals surface area contributed by atoms with Crippen molar-refractivity contribution in [3.63, 3.8) is 0 Å². The van der Waals surface area contributed by atoms with E-state index in [1.54, 1.807) is 6.20 Å². The fourth-order valence-electron chi connectivity index (χ4n) is 1.57. The van der Waals surface area contributed by atoms with Gasteiger partial charge in [0.1, 0.15) is 0 Å². The van der Waals surface area contributed by atoms with E-state index in [9.17, 15) is 0 Å². The zero-order valence-electron chi connectivity index (χ0n) is 9.86. The topological polar surface area (TPSA) is 36.4 Å². The number of pyridine rings is 1. The number of aliphatic hydroxyl groups is 1. The average molecular weight is 287 g/mol. The lowest BCUT2D eigenvalue weighted by molar-refractivity contribution is 0.184. The van der Waals surface area contributed by atoms with Crippen LogP contribution in [-0.4, -0.2) is 34.2 Å². The van der Waals surface area contributed by atoms with E-state index < -0.39 is 0 Å². The fourth-order valence-corrected chi connectivity index (χ4v) is 1.98. The van der Waals surface area contributed by atoms with Gasteiger partial charge >= 0.3 is 0 Å². The molecule has 1 rings (SSSR count). The minimum absolute atomic E-state index is 0.250. The Morgan fingerprint density at radius 3 is 2.75 bits per heavy atom. The molecule has 0 unspecified atom stereocenters. The van der Waals surface area contributed by atoms with Crippen LogP contribution in [0.3, 0.4) is 0 Å². The highest BCUT2D eigenvalue weighted by Gasteiger charge is 2.09. The predicted octanol–water partition coefficient (Wildman–Crippen LogP) is 2.44. The lowest BCUT2D eigenvalue weighted by atomic mass is 10.2. The van der Waals surface area contributed by atoms with E-state index in [-0.39, 0.29) is 6.61 Å². The van der Waals surface area contributed by atoms with Gasteiger partial charge in [-0.1, -0.05) is 0 Å².